The van der Waals surface area contributed by atoms with Crippen LogP contribution >= 0.6 is 11.3 Å². The highest BCUT2D eigenvalue weighted by molar-refractivity contribution is 7.11. The van der Waals surface area contributed by atoms with E-state index in [9.17, 15) is 4.39 Å². The van der Waals surface area contributed by atoms with E-state index < -0.39 is 0 Å². The first-order valence-electron chi connectivity index (χ1n) is 14.2. The fraction of sp³-hybridized carbons (Fsp3) is 0.548. The van der Waals surface area contributed by atoms with Crippen LogP contribution in [0.3, 0.4) is 0 Å². The number of hydrogen-bond donors (Lipinski definition) is 0. The quantitative estimate of drug-likeness (QED) is 0.430. The highest BCUT2D eigenvalue weighted by Gasteiger charge is 2.32. The summed E-state index contributed by atoms with van der Waals surface area (Å²) in [4.78, 5) is 16.8. The summed E-state index contributed by atoms with van der Waals surface area (Å²) < 4.78 is 14.0. The van der Waals surface area contributed by atoms with Crippen molar-refractivity contribution >= 4 is 22.9 Å². The zero-order valence-corrected chi connectivity index (χ0v) is 23.3. The zero-order valence-electron chi connectivity index (χ0n) is 22.5. The highest BCUT2D eigenvalue weighted by atomic mass is 32.1. The zero-order chi connectivity index (χ0) is 25.5. The molecule has 2 aliphatic carbocycles. The molecule has 4 aliphatic rings. The number of allylic oxidation sites excluding steroid dienone is 1. The van der Waals surface area contributed by atoms with Gasteiger partial charge >= 0.3 is 0 Å². The van der Waals surface area contributed by atoms with Crippen molar-refractivity contribution in [3.8, 4) is 0 Å². The first-order chi connectivity index (χ1) is 17.9. The van der Waals surface area contributed by atoms with Crippen LogP contribution < -0.4 is 0 Å². The van der Waals surface area contributed by atoms with Gasteiger partial charge in [0.2, 0.25) is 0 Å². The van der Waals surface area contributed by atoms with Crippen LogP contribution in [0.15, 0.2) is 40.5 Å². The molecule has 6 heteroatoms. The Labute approximate surface area is 225 Å². The van der Waals surface area contributed by atoms with E-state index in [4.69, 9.17) is 9.98 Å². The second-order valence-electron chi connectivity index (χ2n) is 11.5. The Hall–Kier alpha value is -2.47. The maximum absolute atomic E-state index is 14.0. The van der Waals surface area contributed by atoms with Crippen LogP contribution in [0.5, 0.6) is 0 Å². The number of aromatic nitrogens is 1. The molecule has 0 radical (unpaired) electrons. The molecule has 1 aromatic heterocycles. The highest BCUT2D eigenvalue weighted by Crippen LogP contribution is 2.37. The van der Waals surface area contributed by atoms with Gasteiger partial charge in [0.15, 0.2) is 0 Å². The van der Waals surface area contributed by atoms with Crippen LogP contribution in [0.4, 0.5) is 4.39 Å². The number of nitrogens with zero attached hydrogens (tertiary/aromatic N) is 4. The molecule has 2 aliphatic heterocycles. The van der Waals surface area contributed by atoms with Crippen LogP contribution in [-0.4, -0.2) is 46.8 Å². The Balaban J connectivity index is 1.25. The third kappa shape index (κ3) is 5.41. The summed E-state index contributed by atoms with van der Waals surface area (Å²) in [5, 5.41) is 1.20. The molecule has 2 fully saturated rings. The monoisotopic (exact) mass is 518 g/mol. The molecule has 0 unspecified atom stereocenters. The van der Waals surface area contributed by atoms with E-state index >= 15 is 0 Å². The largest absolute Gasteiger partial charge is 0.373 e. The summed E-state index contributed by atoms with van der Waals surface area (Å²) >= 11 is 1.88. The van der Waals surface area contributed by atoms with Gasteiger partial charge in [0.1, 0.15) is 11.7 Å². The van der Waals surface area contributed by atoms with Gasteiger partial charge in [-0.3, -0.25) is 0 Å². The van der Waals surface area contributed by atoms with Crippen LogP contribution in [0.2, 0.25) is 0 Å². The molecule has 4 nitrogen and oxygen atoms in total. The molecular weight excluding hydrogens is 479 g/mol. The predicted molar refractivity (Wildman–Crippen MR) is 151 cm³/mol. The fourth-order valence-electron chi connectivity index (χ4n) is 6.26. The molecule has 0 saturated heterocycles. The van der Waals surface area contributed by atoms with Crippen molar-refractivity contribution in [3.05, 3.63) is 68.1 Å². The van der Waals surface area contributed by atoms with Gasteiger partial charge in [-0.15, -0.1) is 11.3 Å². The van der Waals surface area contributed by atoms with Crippen LogP contribution in [-0.2, 0) is 12.8 Å². The molecule has 0 bridgehead atoms. The van der Waals surface area contributed by atoms with Crippen molar-refractivity contribution in [1.82, 2.24) is 14.8 Å². The summed E-state index contributed by atoms with van der Waals surface area (Å²) in [7, 11) is 0. The SMILES string of the molecule is Cc1nc2c(s1)CCN(C(CN1CC=C(c3ccc(F)c(C)c3)N=C1C1CCC(C)CC1)=C1CC1)CC2. The number of amidine groups is 1. The average molecular weight is 519 g/mol. The Morgan fingerprint density at radius 3 is 2.59 bits per heavy atom. The topological polar surface area (TPSA) is 31.7 Å². The van der Waals surface area contributed by atoms with E-state index in [1.165, 1.54) is 59.9 Å². The summed E-state index contributed by atoms with van der Waals surface area (Å²) in [6, 6.07) is 5.42. The van der Waals surface area contributed by atoms with Crippen molar-refractivity contribution in [2.45, 2.75) is 72.1 Å². The van der Waals surface area contributed by atoms with Crippen molar-refractivity contribution < 1.29 is 4.39 Å². The number of aryl methyl sites for hydroxylation is 2. The van der Waals surface area contributed by atoms with Gasteiger partial charge in [-0.25, -0.2) is 14.4 Å². The van der Waals surface area contributed by atoms with E-state index in [1.807, 2.05) is 30.4 Å². The Kier molecular flexibility index (Phi) is 6.95. The second kappa shape index (κ2) is 10.4. The lowest BCUT2D eigenvalue weighted by Crippen LogP contribution is -2.43. The van der Waals surface area contributed by atoms with Gasteiger partial charge in [0, 0.05) is 54.5 Å². The number of thiazole rings is 1. The third-order valence-electron chi connectivity index (χ3n) is 8.64. The van der Waals surface area contributed by atoms with Crippen molar-refractivity contribution in [2.24, 2.45) is 16.8 Å². The smallest absolute Gasteiger partial charge is 0.126 e. The van der Waals surface area contributed by atoms with E-state index in [0.29, 0.717) is 11.5 Å². The molecule has 0 amide bonds. The van der Waals surface area contributed by atoms with E-state index in [2.05, 4.69) is 29.7 Å². The van der Waals surface area contributed by atoms with E-state index in [0.717, 1.165) is 56.2 Å². The molecule has 2 saturated carbocycles. The summed E-state index contributed by atoms with van der Waals surface area (Å²) in [6.07, 6.45) is 11.9. The van der Waals surface area contributed by atoms with Gasteiger partial charge in [0.25, 0.3) is 0 Å². The molecule has 1 aromatic carbocycles. The van der Waals surface area contributed by atoms with E-state index in [-0.39, 0.29) is 5.82 Å². The first-order valence-corrected chi connectivity index (χ1v) is 15.0. The minimum absolute atomic E-state index is 0.148. The summed E-state index contributed by atoms with van der Waals surface area (Å²) in [6.45, 7) is 10.3. The lowest BCUT2D eigenvalue weighted by atomic mass is 9.81. The lowest BCUT2D eigenvalue weighted by molar-refractivity contribution is 0.297. The number of rotatable bonds is 5. The van der Waals surface area contributed by atoms with Crippen molar-refractivity contribution in [3.63, 3.8) is 0 Å². The molecule has 6 rings (SSSR count). The summed E-state index contributed by atoms with van der Waals surface area (Å²) in [5.41, 5.74) is 7.22. The van der Waals surface area contributed by atoms with Gasteiger partial charge in [-0.05, 0) is 80.9 Å². The van der Waals surface area contributed by atoms with E-state index in [1.54, 1.807) is 17.3 Å². The normalized spacial score (nSPS) is 23.8. The molecular formula is C31H39FN4S. The molecule has 196 valence electrons. The van der Waals surface area contributed by atoms with Gasteiger partial charge < -0.3 is 9.80 Å². The summed E-state index contributed by atoms with van der Waals surface area (Å²) in [5.74, 6) is 2.43. The lowest BCUT2D eigenvalue weighted by Gasteiger charge is -2.38. The number of fused-ring (bicyclic) bond motifs is 1. The number of aliphatic imine (C=N–C) groups is 1. The molecule has 3 heterocycles. The maximum atomic E-state index is 14.0. The van der Waals surface area contributed by atoms with Crippen molar-refractivity contribution in [1.29, 1.82) is 0 Å². The minimum atomic E-state index is -0.148. The maximum Gasteiger partial charge on any atom is 0.126 e. The van der Waals surface area contributed by atoms with Gasteiger partial charge in [-0.2, -0.15) is 0 Å². The Bertz CT molecular complexity index is 1230. The Morgan fingerprint density at radius 2 is 1.84 bits per heavy atom. The molecule has 37 heavy (non-hydrogen) atoms. The van der Waals surface area contributed by atoms with Gasteiger partial charge in [0.05, 0.1) is 22.9 Å². The average Bonchev–Trinajstić information content (AvgIpc) is 3.70. The van der Waals surface area contributed by atoms with Crippen LogP contribution in [0.25, 0.3) is 5.70 Å². The molecule has 0 N–H and O–H groups in total. The Morgan fingerprint density at radius 1 is 1.05 bits per heavy atom. The standard InChI is InChI=1S/C31H39FN4S/c1-20-4-6-24(7-5-20)31-34-27(25-10-11-26(32)21(2)18-25)12-16-36(31)19-29(23-8-9-23)35-15-13-28-30(14-17-35)37-22(3)33-28/h10-12,18,20,24H,4-9,13-17,19H2,1-3H3. The molecule has 2 aromatic rings. The second-order valence-corrected chi connectivity index (χ2v) is 12.8. The third-order valence-corrected chi connectivity index (χ3v) is 9.71. The van der Waals surface area contributed by atoms with Gasteiger partial charge in [-0.1, -0.05) is 19.8 Å². The fourth-order valence-corrected chi connectivity index (χ4v) is 7.23. The molecule has 0 spiro atoms. The van der Waals surface area contributed by atoms with Crippen LogP contribution in [0.1, 0.15) is 72.2 Å². The first kappa shape index (κ1) is 24.8. The number of hydrogen-bond acceptors (Lipinski definition) is 5. The molecule has 0 atom stereocenters. The number of benzene rings is 1. The van der Waals surface area contributed by atoms with Crippen LogP contribution in [0, 0.1) is 31.5 Å². The minimum Gasteiger partial charge on any atom is -0.373 e. The number of halogens is 1. The predicted octanol–water partition coefficient (Wildman–Crippen LogP) is 6.93. The van der Waals surface area contributed by atoms with Crippen molar-refractivity contribution in [2.75, 3.05) is 26.2 Å².